The molecule has 1 amide bonds. The summed E-state index contributed by atoms with van der Waals surface area (Å²) in [5.74, 6) is 6.51. The molecule has 0 aliphatic heterocycles. The third kappa shape index (κ3) is 5.04. The fourth-order valence-electron chi connectivity index (χ4n) is 4.26. The molecule has 4 rings (SSSR count). The van der Waals surface area contributed by atoms with Crippen molar-refractivity contribution in [3.63, 3.8) is 0 Å². The van der Waals surface area contributed by atoms with Crippen molar-refractivity contribution in [2.75, 3.05) is 13.2 Å². The second-order valence-corrected chi connectivity index (χ2v) is 9.29. The Morgan fingerprint density at radius 3 is 2.27 bits per heavy atom. The van der Waals surface area contributed by atoms with Crippen LogP contribution in [-0.4, -0.2) is 24.4 Å². The van der Waals surface area contributed by atoms with Crippen LogP contribution in [0.5, 0.6) is 5.75 Å². The number of carbonyl (C=O) groups excluding carboxylic acids is 1. The van der Waals surface area contributed by atoms with Gasteiger partial charge in [0.15, 0.2) is 0 Å². The van der Waals surface area contributed by atoms with Crippen LogP contribution in [0.1, 0.15) is 55.4 Å². The molecule has 4 nitrogen and oxygen atoms in total. The Morgan fingerprint density at radius 2 is 1.64 bits per heavy atom. The van der Waals surface area contributed by atoms with Crippen LogP contribution in [0.15, 0.2) is 66.7 Å². The fourth-order valence-corrected chi connectivity index (χ4v) is 4.26. The summed E-state index contributed by atoms with van der Waals surface area (Å²) in [5, 5.41) is 12.9. The number of nitrogens with one attached hydrogen (secondary N) is 1. The largest absolute Gasteiger partial charge is 0.508 e. The van der Waals surface area contributed by atoms with Crippen molar-refractivity contribution in [2.24, 2.45) is 0 Å². The Bertz CT molecular complexity index is 1180. The van der Waals surface area contributed by atoms with E-state index in [0.29, 0.717) is 19.6 Å². The molecule has 4 heteroatoms. The van der Waals surface area contributed by atoms with Crippen molar-refractivity contribution in [3.05, 3.63) is 89.0 Å². The third-order valence-corrected chi connectivity index (χ3v) is 5.90. The average molecular weight is 440 g/mol. The van der Waals surface area contributed by atoms with Gasteiger partial charge < -0.3 is 15.2 Å². The molecule has 3 aromatic carbocycles. The molecule has 0 aromatic heterocycles. The Balaban J connectivity index is 1.29. The summed E-state index contributed by atoms with van der Waals surface area (Å²) in [5.41, 5.74) is 6.36. The van der Waals surface area contributed by atoms with Crippen LogP contribution in [-0.2, 0) is 10.2 Å². The summed E-state index contributed by atoms with van der Waals surface area (Å²) >= 11 is 0. The molecule has 0 spiro atoms. The highest BCUT2D eigenvalue weighted by Gasteiger charge is 2.28. The Kier molecular flexibility index (Phi) is 6.42. The molecular formula is C29H29NO3. The lowest BCUT2D eigenvalue weighted by molar-refractivity contribution is 0.143. The van der Waals surface area contributed by atoms with Gasteiger partial charge in [-0.25, -0.2) is 4.79 Å². The highest BCUT2D eigenvalue weighted by molar-refractivity contribution is 5.79. The van der Waals surface area contributed by atoms with Gasteiger partial charge in [0.2, 0.25) is 0 Å². The smallest absolute Gasteiger partial charge is 0.407 e. The Morgan fingerprint density at radius 1 is 1.00 bits per heavy atom. The lowest BCUT2D eigenvalue weighted by Gasteiger charge is -2.20. The number of phenols is 1. The number of carbonyl (C=O) groups is 1. The molecule has 0 unspecified atom stereocenters. The lowest BCUT2D eigenvalue weighted by atomic mass is 9.85. The molecule has 33 heavy (non-hydrogen) atoms. The van der Waals surface area contributed by atoms with E-state index < -0.39 is 6.09 Å². The first-order valence-corrected chi connectivity index (χ1v) is 11.3. The van der Waals surface area contributed by atoms with Gasteiger partial charge in [0.05, 0.1) is 0 Å². The van der Waals surface area contributed by atoms with Gasteiger partial charge in [-0.3, -0.25) is 0 Å². The second kappa shape index (κ2) is 9.42. The molecule has 0 heterocycles. The third-order valence-electron chi connectivity index (χ3n) is 5.90. The molecule has 2 N–H and O–H groups in total. The molecular weight excluding hydrogens is 410 g/mol. The SMILES string of the molecule is CC(C)(C)c1cc(C#CCCNC(=O)OCC2c3ccccc3-c3ccccc32)ccc1O. The van der Waals surface area contributed by atoms with E-state index >= 15 is 0 Å². The monoisotopic (exact) mass is 439 g/mol. The Labute approximate surface area is 195 Å². The van der Waals surface area contributed by atoms with E-state index in [0.717, 1.165) is 11.1 Å². The number of benzene rings is 3. The van der Waals surface area contributed by atoms with Crippen molar-refractivity contribution in [1.29, 1.82) is 0 Å². The number of aromatic hydroxyl groups is 1. The van der Waals surface area contributed by atoms with Crippen LogP contribution in [0.4, 0.5) is 4.79 Å². The van der Waals surface area contributed by atoms with Gasteiger partial charge in [-0.1, -0.05) is 81.1 Å². The van der Waals surface area contributed by atoms with Crippen LogP contribution in [0.25, 0.3) is 11.1 Å². The first kappa shape index (κ1) is 22.5. The molecule has 0 fully saturated rings. The zero-order chi connectivity index (χ0) is 23.4. The molecule has 0 saturated heterocycles. The minimum atomic E-state index is -0.432. The second-order valence-electron chi connectivity index (χ2n) is 9.29. The zero-order valence-electron chi connectivity index (χ0n) is 19.3. The summed E-state index contributed by atoms with van der Waals surface area (Å²) in [4.78, 5) is 12.2. The molecule has 0 saturated carbocycles. The number of rotatable bonds is 4. The van der Waals surface area contributed by atoms with Crippen molar-refractivity contribution in [2.45, 2.75) is 38.5 Å². The quantitative estimate of drug-likeness (QED) is 0.389. The fraction of sp³-hybridized carbons (Fsp3) is 0.276. The summed E-state index contributed by atoms with van der Waals surface area (Å²) in [6.07, 6.45) is 0.0777. The molecule has 3 aromatic rings. The van der Waals surface area contributed by atoms with Crippen molar-refractivity contribution >= 4 is 6.09 Å². The number of phenolic OH excluding ortho intramolecular Hbond substituents is 1. The van der Waals surface area contributed by atoms with Crippen LogP contribution in [0, 0.1) is 11.8 Å². The predicted octanol–water partition coefficient (Wildman–Crippen LogP) is 5.97. The van der Waals surface area contributed by atoms with E-state index in [9.17, 15) is 9.90 Å². The predicted molar refractivity (Wildman–Crippen MR) is 131 cm³/mol. The van der Waals surface area contributed by atoms with Gasteiger partial charge in [0.25, 0.3) is 0 Å². The molecule has 168 valence electrons. The van der Waals surface area contributed by atoms with Crippen molar-refractivity contribution < 1.29 is 14.6 Å². The van der Waals surface area contributed by atoms with Crippen molar-refractivity contribution in [3.8, 4) is 28.7 Å². The number of hydrogen-bond acceptors (Lipinski definition) is 3. The maximum absolute atomic E-state index is 12.2. The highest BCUT2D eigenvalue weighted by atomic mass is 16.5. The van der Waals surface area contributed by atoms with E-state index in [1.165, 1.54) is 22.3 Å². The summed E-state index contributed by atoms with van der Waals surface area (Å²) in [7, 11) is 0. The van der Waals surface area contributed by atoms with Crippen molar-refractivity contribution in [1.82, 2.24) is 5.32 Å². The summed E-state index contributed by atoms with van der Waals surface area (Å²) in [6.45, 7) is 6.87. The van der Waals surface area contributed by atoms with Crippen LogP contribution >= 0.6 is 0 Å². The first-order chi connectivity index (χ1) is 15.8. The molecule has 0 radical (unpaired) electrons. The number of fused-ring (bicyclic) bond motifs is 3. The maximum Gasteiger partial charge on any atom is 0.407 e. The molecule has 0 bridgehead atoms. The molecule has 1 aliphatic rings. The molecule has 0 atom stereocenters. The number of ether oxygens (including phenoxy) is 1. The zero-order valence-corrected chi connectivity index (χ0v) is 19.3. The van der Waals surface area contributed by atoms with Crippen LogP contribution < -0.4 is 5.32 Å². The first-order valence-electron chi connectivity index (χ1n) is 11.3. The lowest BCUT2D eigenvalue weighted by Crippen LogP contribution is -2.26. The highest BCUT2D eigenvalue weighted by Crippen LogP contribution is 2.44. The van der Waals surface area contributed by atoms with E-state index in [4.69, 9.17) is 4.74 Å². The van der Waals surface area contributed by atoms with Gasteiger partial charge in [0.1, 0.15) is 12.4 Å². The summed E-state index contributed by atoms with van der Waals surface area (Å²) < 4.78 is 5.54. The number of amides is 1. The average Bonchev–Trinajstić information content (AvgIpc) is 3.11. The standard InChI is InChI=1S/C29H29NO3/c1-29(2,3)26-18-20(15-16-27(26)31)10-8-9-17-30-28(32)33-19-25-23-13-6-4-11-21(23)22-12-5-7-14-24(22)25/h4-7,11-16,18,25,31H,9,17,19H2,1-3H3,(H,30,32). The minimum absolute atomic E-state index is 0.0504. The van der Waals surface area contributed by atoms with Crippen LogP contribution in [0.3, 0.4) is 0 Å². The van der Waals surface area contributed by atoms with E-state index in [-0.39, 0.29) is 17.1 Å². The molecule has 1 aliphatic carbocycles. The minimum Gasteiger partial charge on any atom is -0.508 e. The van der Waals surface area contributed by atoms with Crippen LogP contribution in [0.2, 0.25) is 0 Å². The van der Waals surface area contributed by atoms with E-state index in [1.54, 1.807) is 12.1 Å². The van der Waals surface area contributed by atoms with Gasteiger partial charge in [-0.05, 0) is 45.9 Å². The normalized spacial score (nSPS) is 12.3. The van der Waals surface area contributed by atoms with Gasteiger partial charge in [-0.2, -0.15) is 0 Å². The topological polar surface area (TPSA) is 58.6 Å². The van der Waals surface area contributed by atoms with Gasteiger partial charge >= 0.3 is 6.09 Å². The maximum atomic E-state index is 12.2. The Hall–Kier alpha value is -3.71. The van der Waals surface area contributed by atoms with Gasteiger partial charge in [0, 0.05) is 30.0 Å². The number of alkyl carbamates (subject to hydrolysis) is 1. The summed E-state index contributed by atoms with van der Waals surface area (Å²) in [6, 6.07) is 22.0. The van der Waals surface area contributed by atoms with E-state index in [1.807, 2.05) is 30.3 Å². The van der Waals surface area contributed by atoms with E-state index in [2.05, 4.69) is 62.2 Å². The van der Waals surface area contributed by atoms with Gasteiger partial charge in [-0.15, -0.1) is 0 Å². The number of hydrogen-bond donors (Lipinski definition) is 2.